The molecular weight excluding hydrogens is 379 g/mol. The summed E-state index contributed by atoms with van der Waals surface area (Å²) in [5.41, 5.74) is 3.20. The Morgan fingerprint density at radius 1 is 1.15 bits per heavy atom. The molecule has 1 atom stereocenters. The summed E-state index contributed by atoms with van der Waals surface area (Å²) < 4.78 is 0. The summed E-state index contributed by atoms with van der Waals surface area (Å²) in [5.74, 6) is 0.754. The number of anilines is 1. The minimum Gasteiger partial charge on any atom is -0.371 e. The van der Waals surface area contributed by atoms with E-state index >= 15 is 0 Å². The van der Waals surface area contributed by atoms with Gasteiger partial charge in [0.15, 0.2) is 0 Å². The van der Waals surface area contributed by atoms with Crippen molar-refractivity contribution >= 4 is 34.8 Å². The molecule has 2 aromatic rings. The second-order valence-corrected chi connectivity index (χ2v) is 8.15. The SMILES string of the molecule is C[C@H]1CCCN(c2ccc(CNC(=O)CCc3c(Cl)cccc3Cl)cc2)C1. The van der Waals surface area contributed by atoms with Crippen molar-refractivity contribution in [2.24, 2.45) is 5.92 Å². The number of hydrogen-bond donors (Lipinski definition) is 1. The predicted octanol–water partition coefficient (Wildman–Crippen LogP) is 5.48. The lowest BCUT2D eigenvalue weighted by Gasteiger charge is -2.32. The summed E-state index contributed by atoms with van der Waals surface area (Å²) >= 11 is 12.3. The van der Waals surface area contributed by atoms with E-state index in [2.05, 4.69) is 41.4 Å². The van der Waals surface area contributed by atoms with Gasteiger partial charge in [-0.2, -0.15) is 0 Å². The fourth-order valence-electron chi connectivity index (χ4n) is 3.55. The van der Waals surface area contributed by atoms with Crippen LogP contribution in [0.4, 0.5) is 5.69 Å². The van der Waals surface area contributed by atoms with Crippen molar-refractivity contribution in [3.05, 3.63) is 63.6 Å². The molecule has 0 bridgehead atoms. The summed E-state index contributed by atoms with van der Waals surface area (Å²) in [7, 11) is 0. The van der Waals surface area contributed by atoms with Gasteiger partial charge in [-0.1, -0.05) is 48.3 Å². The van der Waals surface area contributed by atoms with Gasteiger partial charge in [-0.15, -0.1) is 0 Å². The number of carbonyl (C=O) groups excluding carboxylic acids is 1. The number of nitrogens with one attached hydrogen (secondary N) is 1. The molecule has 0 radical (unpaired) electrons. The largest absolute Gasteiger partial charge is 0.371 e. The van der Waals surface area contributed by atoms with E-state index in [0.29, 0.717) is 29.4 Å². The standard InChI is InChI=1S/C22H26Cl2N2O/c1-16-4-3-13-26(15-16)18-9-7-17(8-10-18)14-25-22(27)12-11-19-20(23)5-2-6-21(19)24/h2,5-10,16H,3-4,11-15H2,1H3,(H,25,27)/t16-/m0/s1. The van der Waals surface area contributed by atoms with E-state index in [0.717, 1.165) is 30.1 Å². The van der Waals surface area contributed by atoms with Crippen molar-refractivity contribution in [2.75, 3.05) is 18.0 Å². The molecule has 0 aromatic heterocycles. The number of hydrogen-bond acceptors (Lipinski definition) is 2. The summed E-state index contributed by atoms with van der Waals surface area (Å²) in [4.78, 5) is 14.6. The average molecular weight is 405 g/mol. The van der Waals surface area contributed by atoms with Crippen molar-refractivity contribution in [2.45, 2.75) is 39.2 Å². The highest BCUT2D eigenvalue weighted by Crippen LogP contribution is 2.25. The van der Waals surface area contributed by atoms with Crippen LogP contribution in [0.5, 0.6) is 0 Å². The zero-order chi connectivity index (χ0) is 19.2. The van der Waals surface area contributed by atoms with Crippen molar-refractivity contribution in [1.82, 2.24) is 5.32 Å². The number of rotatable bonds is 6. The van der Waals surface area contributed by atoms with Crippen LogP contribution in [0.3, 0.4) is 0 Å². The molecule has 1 aliphatic rings. The maximum absolute atomic E-state index is 12.2. The van der Waals surface area contributed by atoms with Gasteiger partial charge < -0.3 is 10.2 Å². The van der Waals surface area contributed by atoms with Gasteiger partial charge in [-0.25, -0.2) is 0 Å². The molecule has 1 fully saturated rings. The van der Waals surface area contributed by atoms with Crippen molar-refractivity contribution < 1.29 is 4.79 Å². The Bertz CT molecular complexity index is 756. The lowest BCUT2D eigenvalue weighted by atomic mass is 9.99. The second-order valence-electron chi connectivity index (χ2n) is 7.34. The molecule has 0 aliphatic carbocycles. The number of piperidine rings is 1. The number of amides is 1. The molecule has 0 spiro atoms. The van der Waals surface area contributed by atoms with Crippen LogP contribution in [0.1, 0.15) is 37.3 Å². The summed E-state index contributed by atoms with van der Waals surface area (Å²) in [6, 6.07) is 13.9. The Balaban J connectivity index is 1.47. The van der Waals surface area contributed by atoms with E-state index in [-0.39, 0.29) is 5.91 Å². The first kappa shape index (κ1) is 20.0. The molecule has 27 heavy (non-hydrogen) atoms. The third-order valence-electron chi connectivity index (χ3n) is 5.11. The summed E-state index contributed by atoms with van der Waals surface area (Å²) in [5, 5.41) is 4.19. The van der Waals surface area contributed by atoms with E-state index in [1.165, 1.54) is 18.5 Å². The Hall–Kier alpha value is -1.71. The second kappa shape index (κ2) is 9.48. The summed E-state index contributed by atoms with van der Waals surface area (Å²) in [6.45, 7) is 5.10. The van der Waals surface area contributed by atoms with E-state index in [9.17, 15) is 4.79 Å². The minimum atomic E-state index is -0.0000757. The molecule has 1 aliphatic heterocycles. The zero-order valence-corrected chi connectivity index (χ0v) is 17.2. The van der Waals surface area contributed by atoms with E-state index in [1.54, 1.807) is 12.1 Å². The van der Waals surface area contributed by atoms with Crippen molar-refractivity contribution in [3.8, 4) is 0 Å². The monoisotopic (exact) mass is 404 g/mol. The maximum Gasteiger partial charge on any atom is 0.220 e. The van der Waals surface area contributed by atoms with Crippen molar-refractivity contribution in [3.63, 3.8) is 0 Å². The minimum absolute atomic E-state index is 0.0000757. The van der Waals surface area contributed by atoms with E-state index in [1.807, 2.05) is 6.07 Å². The quantitative estimate of drug-likeness (QED) is 0.690. The highest BCUT2D eigenvalue weighted by atomic mass is 35.5. The molecule has 2 aromatic carbocycles. The number of nitrogens with zero attached hydrogens (tertiary/aromatic N) is 1. The zero-order valence-electron chi connectivity index (χ0n) is 15.7. The molecule has 144 valence electrons. The number of benzene rings is 2. The molecular formula is C22H26Cl2N2O. The van der Waals surface area contributed by atoms with Gasteiger partial charge in [0, 0.05) is 41.8 Å². The van der Waals surface area contributed by atoms with E-state index in [4.69, 9.17) is 23.2 Å². The first-order valence-electron chi connectivity index (χ1n) is 9.56. The Morgan fingerprint density at radius 3 is 2.52 bits per heavy atom. The number of carbonyl (C=O) groups is 1. The van der Waals surface area contributed by atoms with Crippen LogP contribution in [0, 0.1) is 5.92 Å². The Morgan fingerprint density at radius 2 is 1.85 bits per heavy atom. The fourth-order valence-corrected chi connectivity index (χ4v) is 4.13. The normalized spacial score (nSPS) is 17.0. The maximum atomic E-state index is 12.2. The fraction of sp³-hybridized carbons (Fsp3) is 0.409. The lowest BCUT2D eigenvalue weighted by Crippen LogP contribution is -2.34. The van der Waals surface area contributed by atoms with Crippen LogP contribution in [0.25, 0.3) is 0 Å². The first-order valence-corrected chi connectivity index (χ1v) is 10.3. The third kappa shape index (κ3) is 5.63. The third-order valence-corrected chi connectivity index (χ3v) is 5.82. The van der Waals surface area contributed by atoms with Crippen molar-refractivity contribution in [1.29, 1.82) is 0 Å². The predicted molar refractivity (Wildman–Crippen MR) is 114 cm³/mol. The van der Waals surface area contributed by atoms with Crippen LogP contribution >= 0.6 is 23.2 Å². The molecule has 3 rings (SSSR count). The van der Waals surface area contributed by atoms with Crippen LogP contribution in [0.15, 0.2) is 42.5 Å². The molecule has 0 saturated carbocycles. The summed E-state index contributed by atoms with van der Waals surface area (Å²) in [6.07, 6.45) is 3.48. The van der Waals surface area contributed by atoms with Gasteiger partial charge in [-0.05, 0) is 60.6 Å². The van der Waals surface area contributed by atoms with Crippen LogP contribution < -0.4 is 10.2 Å². The molecule has 1 heterocycles. The van der Waals surface area contributed by atoms with Crippen LogP contribution in [-0.4, -0.2) is 19.0 Å². The molecule has 1 amide bonds. The molecule has 5 heteroatoms. The topological polar surface area (TPSA) is 32.3 Å². The van der Waals surface area contributed by atoms with Gasteiger partial charge in [0.1, 0.15) is 0 Å². The first-order chi connectivity index (χ1) is 13.0. The average Bonchev–Trinajstić information content (AvgIpc) is 2.66. The van der Waals surface area contributed by atoms with Crippen LogP contribution in [0.2, 0.25) is 10.0 Å². The molecule has 3 nitrogen and oxygen atoms in total. The van der Waals surface area contributed by atoms with Gasteiger partial charge in [-0.3, -0.25) is 4.79 Å². The highest BCUT2D eigenvalue weighted by Gasteiger charge is 2.16. The molecule has 1 N–H and O–H groups in total. The smallest absolute Gasteiger partial charge is 0.220 e. The van der Waals surface area contributed by atoms with Gasteiger partial charge in [0.05, 0.1) is 0 Å². The Kier molecular flexibility index (Phi) is 7.03. The highest BCUT2D eigenvalue weighted by molar-refractivity contribution is 6.36. The van der Waals surface area contributed by atoms with Gasteiger partial charge >= 0.3 is 0 Å². The Labute approximate surface area is 171 Å². The van der Waals surface area contributed by atoms with Crippen LogP contribution in [-0.2, 0) is 17.8 Å². The van der Waals surface area contributed by atoms with Gasteiger partial charge in [0.2, 0.25) is 5.91 Å². The lowest BCUT2D eigenvalue weighted by molar-refractivity contribution is -0.121. The van der Waals surface area contributed by atoms with E-state index < -0.39 is 0 Å². The molecule has 1 saturated heterocycles. The molecule has 0 unspecified atom stereocenters. The van der Waals surface area contributed by atoms with Gasteiger partial charge in [0.25, 0.3) is 0 Å². The number of halogens is 2.